The predicted molar refractivity (Wildman–Crippen MR) is 135 cm³/mol. The van der Waals surface area contributed by atoms with Crippen LogP contribution >= 0.6 is 0 Å². The van der Waals surface area contributed by atoms with Crippen LogP contribution in [0.25, 0.3) is 0 Å². The smallest absolute Gasteiger partial charge is 0.227 e. The molecule has 2 aliphatic rings. The highest BCUT2D eigenvalue weighted by molar-refractivity contribution is 7.88. The van der Waals surface area contributed by atoms with Gasteiger partial charge in [0.25, 0.3) is 0 Å². The van der Waals surface area contributed by atoms with E-state index in [0.29, 0.717) is 23.5 Å². The summed E-state index contributed by atoms with van der Waals surface area (Å²) in [6.07, 6.45) is 5.74. The first-order chi connectivity index (χ1) is 16.5. The van der Waals surface area contributed by atoms with E-state index >= 15 is 0 Å². The maximum absolute atomic E-state index is 13.3. The number of rotatable bonds is 7. The number of aliphatic hydroxyl groups excluding tert-OH is 1. The van der Waals surface area contributed by atoms with E-state index in [-0.39, 0.29) is 43.2 Å². The quantitative estimate of drug-likeness (QED) is 0.582. The third kappa shape index (κ3) is 7.17. The number of ether oxygens (including phenoxy) is 1. The number of nitrogens with zero attached hydrogens (tertiary/aromatic N) is 2. The Morgan fingerprint density at radius 3 is 2.60 bits per heavy atom. The van der Waals surface area contributed by atoms with Crippen molar-refractivity contribution in [3.05, 3.63) is 23.8 Å². The Morgan fingerprint density at radius 2 is 1.97 bits per heavy atom. The highest BCUT2D eigenvalue weighted by Crippen LogP contribution is 2.30. The van der Waals surface area contributed by atoms with Crippen molar-refractivity contribution in [3.8, 4) is 5.75 Å². The highest BCUT2D eigenvalue weighted by Gasteiger charge is 2.32. The van der Waals surface area contributed by atoms with E-state index in [0.717, 1.165) is 31.9 Å². The Hall–Kier alpha value is -2.17. The van der Waals surface area contributed by atoms with Crippen LogP contribution < -0.4 is 10.1 Å². The molecule has 3 atom stereocenters. The van der Waals surface area contributed by atoms with Crippen LogP contribution in [0.3, 0.4) is 0 Å². The van der Waals surface area contributed by atoms with Gasteiger partial charge >= 0.3 is 0 Å². The molecule has 1 heterocycles. The summed E-state index contributed by atoms with van der Waals surface area (Å²) in [7, 11) is -1.92. The van der Waals surface area contributed by atoms with Gasteiger partial charge < -0.3 is 20.1 Å². The topological polar surface area (TPSA) is 116 Å². The van der Waals surface area contributed by atoms with Crippen LogP contribution in [0.4, 0.5) is 5.69 Å². The zero-order valence-electron chi connectivity index (χ0n) is 21.2. The molecule has 35 heavy (non-hydrogen) atoms. The lowest BCUT2D eigenvalue weighted by Gasteiger charge is -2.33. The largest absolute Gasteiger partial charge is 0.488 e. The number of hydrogen-bond acceptors (Lipinski definition) is 6. The molecule has 0 unspecified atom stereocenters. The first-order valence-corrected chi connectivity index (χ1v) is 14.3. The Balaban J connectivity index is 1.91. The molecule has 1 aliphatic carbocycles. The van der Waals surface area contributed by atoms with Gasteiger partial charge in [-0.3, -0.25) is 9.59 Å². The number of benzene rings is 1. The molecule has 1 aliphatic heterocycles. The van der Waals surface area contributed by atoms with Gasteiger partial charge in [-0.15, -0.1) is 0 Å². The van der Waals surface area contributed by atoms with Crippen molar-refractivity contribution in [1.82, 2.24) is 9.21 Å². The molecule has 2 N–H and O–H groups in total. The van der Waals surface area contributed by atoms with Gasteiger partial charge in [0.05, 0.1) is 31.9 Å². The van der Waals surface area contributed by atoms with E-state index in [2.05, 4.69) is 5.32 Å². The number of carbonyl (C=O) groups is 2. The molecule has 0 radical (unpaired) electrons. The van der Waals surface area contributed by atoms with Gasteiger partial charge in [0, 0.05) is 36.7 Å². The molecule has 9 nitrogen and oxygen atoms in total. The molecule has 1 aromatic rings. The zero-order valence-corrected chi connectivity index (χ0v) is 22.0. The molecule has 196 valence electrons. The Bertz CT molecular complexity index is 1010. The minimum atomic E-state index is -3.42. The molecule has 0 aromatic heterocycles. The average Bonchev–Trinajstić information content (AvgIpc) is 2.86. The number of fused-ring (bicyclic) bond motifs is 1. The maximum Gasteiger partial charge on any atom is 0.227 e. The summed E-state index contributed by atoms with van der Waals surface area (Å²) in [5, 5.41) is 12.7. The van der Waals surface area contributed by atoms with E-state index in [9.17, 15) is 23.1 Å². The van der Waals surface area contributed by atoms with E-state index in [1.54, 1.807) is 30.0 Å². The molecular weight excluding hydrogens is 470 g/mol. The van der Waals surface area contributed by atoms with Crippen molar-refractivity contribution in [3.63, 3.8) is 0 Å². The Morgan fingerprint density at radius 1 is 1.29 bits per heavy atom. The lowest BCUT2D eigenvalue weighted by Crippen LogP contribution is -2.48. The van der Waals surface area contributed by atoms with Crippen LogP contribution in [0.2, 0.25) is 0 Å². The standard InChI is InChI=1S/C25H39N3O6S/c1-17-14-28(18(2)16-29)24(30)13-20-12-21(26-25(31)19-8-6-5-7-9-19)10-11-22(20)34-23(17)15-27(3)35(4,32)33/h10-12,17-19,23,29H,5-9,13-16H2,1-4H3,(H,26,31)/t17-,18-,23+/m0/s1. The van der Waals surface area contributed by atoms with E-state index in [1.807, 2.05) is 6.92 Å². The molecule has 1 saturated carbocycles. The SMILES string of the molecule is C[C@H]1CN([C@@H](C)CO)C(=O)Cc2cc(NC(=O)C3CCCCC3)ccc2O[C@@H]1CN(C)S(C)(=O)=O. The average molecular weight is 510 g/mol. The second-order valence-electron chi connectivity index (χ2n) is 10.1. The van der Waals surface area contributed by atoms with E-state index in [1.165, 1.54) is 17.8 Å². The van der Waals surface area contributed by atoms with Crippen molar-refractivity contribution in [2.24, 2.45) is 11.8 Å². The first-order valence-electron chi connectivity index (χ1n) is 12.4. The van der Waals surface area contributed by atoms with Crippen LogP contribution in [-0.4, -0.2) is 79.7 Å². The fourth-order valence-electron chi connectivity index (χ4n) is 4.72. The number of sulfonamides is 1. The van der Waals surface area contributed by atoms with E-state index < -0.39 is 22.2 Å². The van der Waals surface area contributed by atoms with Crippen LogP contribution in [0, 0.1) is 11.8 Å². The third-order valence-electron chi connectivity index (χ3n) is 7.16. The summed E-state index contributed by atoms with van der Waals surface area (Å²) in [4.78, 5) is 27.7. The molecular formula is C25H39N3O6S. The second-order valence-corrected chi connectivity index (χ2v) is 12.2. The summed E-state index contributed by atoms with van der Waals surface area (Å²) in [6, 6.07) is 4.87. The fourth-order valence-corrected chi connectivity index (χ4v) is 5.14. The normalized spacial score (nSPS) is 23.0. The molecule has 2 amide bonds. The number of nitrogens with one attached hydrogen (secondary N) is 1. The minimum absolute atomic E-state index is 0.00299. The van der Waals surface area contributed by atoms with Crippen molar-refractivity contribution in [2.45, 2.75) is 64.5 Å². The van der Waals surface area contributed by atoms with Gasteiger partial charge in [-0.25, -0.2) is 12.7 Å². The van der Waals surface area contributed by atoms with Gasteiger partial charge in [-0.2, -0.15) is 0 Å². The van der Waals surface area contributed by atoms with Crippen molar-refractivity contribution >= 4 is 27.5 Å². The third-order valence-corrected chi connectivity index (χ3v) is 8.44. The lowest BCUT2D eigenvalue weighted by atomic mass is 9.88. The Kier molecular flexibility index (Phi) is 9.17. The van der Waals surface area contributed by atoms with Crippen molar-refractivity contribution in [2.75, 3.05) is 38.3 Å². The lowest BCUT2D eigenvalue weighted by molar-refractivity contribution is -0.134. The molecule has 1 aromatic carbocycles. The maximum atomic E-state index is 13.3. The second kappa shape index (κ2) is 11.7. The minimum Gasteiger partial charge on any atom is -0.488 e. The van der Waals surface area contributed by atoms with Crippen LogP contribution in [0.1, 0.15) is 51.5 Å². The Labute approximate surface area is 208 Å². The van der Waals surface area contributed by atoms with Crippen LogP contribution in [0.5, 0.6) is 5.75 Å². The molecule has 0 saturated heterocycles. The van der Waals surface area contributed by atoms with Crippen LogP contribution in [0.15, 0.2) is 18.2 Å². The van der Waals surface area contributed by atoms with Gasteiger partial charge in [0.15, 0.2) is 0 Å². The highest BCUT2D eigenvalue weighted by atomic mass is 32.2. The summed E-state index contributed by atoms with van der Waals surface area (Å²) >= 11 is 0. The first kappa shape index (κ1) is 27.4. The predicted octanol–water partition coefficient (Wildman–Crippen LogP) is 2.25. The number of amides is 2. The zero-order chi connectivity index (χ0) is 25.8. The van der Waals surface area contributed by atoms with Gasteiger partial charge in [-0.05, 0) is 38.0 Å². The molecule has 0 bridgehead atoms. The van der Waals surface area contributed by atoms with Crippen LogP contribution in [-0.2, 0) is 26.0 Å². The summed E-state index contributed by atoms with van der Waals surface area (Å²) in [5.41, 5.74) is 1.22. The van der Waals surface area contributed by atoms with Crippen molar-refractivity contribution < 1.29 is 27.9 Å². The number of carbonyl (C=O) groups excluding carboxylic acids is 2. The molecule has 3 rings (SSSR count). The number of aliphatic hydroxyl groups is 1. The summed E-state index contributed by atoms with van der Waals surface area (Å²) in [6.45, 7) is 3.95. The summed E-state index contributed by atoms with van der Waals surface area (Å²) in [5.74, 6) is 0.137. The fraction of sp³-hybridized carbons (Fsp3) is 0.680. The summed E-state index contributed by atoms with van der Waals surface area (Å²) < 4.78 is 31.7. The van der Waals surface area contributed by atoms with Gasteiger partial charge in [0.2, 0.25) is 21.8 Å². The monoisotopic (exact) mass is 509 g/mol. The number of hydrogen-bond donors (Lipinski definition) is 2. The van der Waals surface area contributed by atoms with Gasteiger partial charge in [-0.1, -0.05) is 26.2 Å². The molecule has 1 fully saturated rings. The van der Waals surface area contributed by atoms with Gasteiger partial charge in [0.1, 0.15) is 11.9 Å². The van der Waals surface area contributed by atoms with E-state index in [4.69, 9.17) is 4.74 Å². The molecule has 10 heteroatoms. The number of likely N-dealkylation sites (N-methyl/N-ethyl adjacent to an activating group) is 1. The van der Waals surface area contributed by atoms with Crippen molar-refractivity contribution in [1.29, 1.82) is 0 Å². The number of anilines is 1. The molecule has 0 spiro atoms.